The van der Waals surface area contributed by atoms with Crippen LogP contribution >= 0.6 is 23.4 Å². The molecule has 0 radical (unpaired) electrons. The van der Waals surface area contributed by atoms with Gasteiger partial charge in [-0.2, -0.15) is 0 Å². The second-order valence-corrected chi connectivity index (χ2v) is 7.16. The average Bonchev–Trinajstić information content (AvgIpc) is 2.63. The van der Waals surface area contributed by atoms with Crippen molar-refractivity contribution in [2.75, 3.05) is 16.4 Å². The second-order valence-electron chi connectivity index (χ2n) is 5.39. The number of rotatable bonds is 7. The lowest BCUT2D eigenvalue weighted by Gasteiger charge is -2.13. The first kappa shape index (κ1) is 19.8. The van der Waals surface area contributed by atoms with Crippen molar-refractivity contribution in [3.63, 3.8) is 0 Å². The SMILES string of the molecule is CC(SCC(=O)Nc1ccc(Cl)cc1)C(=O)Nc1cc(C=O)ccc1O. The Balaban J connectivity index is 1.86. The van der Waals surface area contributed by atoms with Crippen LogP contribution in [0.25, 0.3) is 0 Å². The number of carbonyl (C=O) groups excluding carboxylic acids is 3. The van der Waals surface area contributed by atoms with Crippen LogP contribution in [-0.2, 0) is 9.59 Å². The van der Waals surface area contributed by atoms with E-state index < -0.39 is 5.25 Å². The maximum Gasteiger partial charge on any atom is 0.237 e. The fraction of sp³-hybridized carbons (Fsp3) is 0.167. The van der Waals surface area contributed by atoms with E-state index in [1.54, 1.807) is 31.2 Å². The highest BCUT2D eigenvalue weighted by Gasteiger charge is 2.17. The van der Waals surface area contributed by atoms with Crippen molar-refractivity contribution in [2.24, 2.45) is 0 Å². The molecule has 26 heavy (non-hydrogen) atoms. The summed E-state index contributed by atoms with van der Waals surface area (Å²) < 4.78 is 0. The highest BCUT2D eigenvalue weighted by atomic mass is 35.5. The Morgan fingerprint density at radius 1 is 1.19 bits per heavy atom. The summed E-state index contributed by atoms with van der Waals surface area (Å²) in [5.41, 5.74) is 1.10. The summed E-state index contributed by atoms with van der Waals surface area (Å²) in [6.07, 6.45) is 0.619. The Bertz CT molecular complexity index is 811. The van der Waals surface area contributed by atoms with E-state index in [2.05, 4.69) is 10.6 Å². The third-order valence-corrected chi connectivity index (χ3v) is 4.77. The van der Waals surface area contributed by atoms with Crippen molar-refractivity contribution >= 4 is 52.8 Å². The Morgan fingerprint density at radius 3 is 2.54 bits per heavy atom. The maximum atomic E-state index is 12.2. The van der Waals surface area contributed by atoms with Crippen molar-refractivity contribution in [2.45, 2.75) is 12.2 Å². The van der Waals surface area contributed by atoms with Crippen LogP contribution in [0, 0.1) is 0 Å². The predicted octanol–water partition coefficient (Wildman–Crippen LogP) is 3.56. The minimum absolute atomic E-state index is 0.0809. The first-order valence-electron chi connectivity index (χ1n) is 7.65. The van der Waals surface area contributed by atoms with Crippen LogP contribution in [0.2, 0.25) is 5.02 Å². The third-order valence-electron chi connectivity index (χ3n) is 3.38. The molecule has 2 aromatic rings. The number of benzene rings is 2. The monoisotopic (exact) mass is 392 g/mol. The minimum Gasteiger partial charge on any atom is -0.506 e. The van der Waals surface area contributed by atoms with Gasteiger partial charge in [0.25, 0.3) is 0 Å². The lowest BCUT2D eigenvalue weighted by atomic mass is 10.2. The molecule has 0 saturated carbocycles. The molecule has 8 heteroatoms. The van der Waals surface area contributed by atoms with E-state index in [-0.39, 0.29) is 29.0 Å². The molecular formula is C18H17ClN2O4S. The summed E-state index contributed by atoms with van der Waals surface area (Å²) in [6.45, 7) is 1.65. The van der Waals surface area contributed by atoms with Crippen LogP contribution in [-0.4, -0.2) is 34.2 Å². The Morgan fingerprint density at radius 2 is 1.88 bits per heavy atom. The summed E-state index contributed by atoms with van der Waals surface area (Å²) in [6, 6.07) is 10.9. The Hall–Kier alpha value is -2.51. The molecule has 0 aliphatic heterocycles. The molecule has 6 nitrogen and oxygen atoms in total. The van der Waals surface area contributed by atoms with Gasteiger partial charge in [-0.3, -0.25) is 14.4 Å². The average molecular weight is 393 g/mol. The molecule has 0 aliphatic rings. The summed E-state index contributed by atoms with van der Waals surface area (Å²) >= 11 is 6.93. The molecule has 136 valence electrons. The molecular weight excluding hydrogens is 376 g/mol. The summed E-state index contributed by atoms with van der Waals surface area (Å²) in [5.74, 6) is -0.686. The van der Waals surface area contributed by atoms with Gasteiger partial charge in [-0.25, -0.2) is 0 Å². The predicted molar refractivity (Wildman–Crippen MR) is 104 cm³/mol. The number of aromatic hydroxyl groups is 1. The van der Waals surface area contributed by atoms with Crippen molar-refractivity contribution < 1.29 is 19.5 Å². The number of amides is 2. The lowest BCUT2D eigenvalue weighted by Crippen LogP contribution is -2.25. The largest absolute Gasteiger partial charge is 0.506 e. The van der Waals surface area contributed by atoms with Gasteiger partial charge in [0.1, 0.15) is 12.0 Å². The van der Waals surface area contributed by atoms with Gasteiger partial charge in [0.05, 0.1) is 16.7 Å². The quantitative estimate of drug-likeness (QED) is 0.494. The molecule has 2 amide bonds. The first-order valence-corrected chi connectivity index (χ1v) is 9.08. The van der Waals surface area contributed by atoms with Gasteiger partial charge in [0.2, 0.25) is 11.8 Å². The fourth-order valence-corrected chi connectivity index (χ4v) is 2.78. The van der Waals surface area contributed by atoms with Crippen molar-refractivity contribution in [1.29, 1.82) is 0 Å². The van der Waals surface area contributed by atoms with Gasteiger partial charge in [-0.1, -0.05) is 11.6 Å². The van der Waals surface area contributed by atoms with Crippen LogP contribution in [0.1, 0.15) is 17.3 Å². The summed E-state index contributed by atoms with van der Waals surface area (Å²) in [7, 11) is 0. The number of thioether (sulfide) groups is 1. The molecule has 0 bridgehead atoms. The molecule has 0 heterocycles. The first-order chi connectivity index (χ1) is 12.4. The third kappa shape index (κ3) is 5.79. The molecule has 3 N–H and O–H groups in total. The van der Waals surface area contributed by atoms with Crippen LogP contribution in [0.5, 0.6) is 5.75 Å². The van der Waals surface area contributed by atoms with E-state index in [9.17, 15) is 19.5 Å². The summed E-state index contributed by atoms with van der Waals surface area (Å²) in [4.78, 5) is 34.9. The summed E-state index contributed by atoms with van der Waals surface area (Å²) in [5, 5.41) is 15.0. The fourth-order valence-electron chi connectivity index (χ4n) is 1.97. The van der Waals surface area contributed by atoms with E-state index in [1.807, 2.05) is 0 Å². The van der Waals surface area contributed by atoms with Gasteiger partial charge >= 0.3 is 0 Å². The van der Waals surface area contributed by atoms with Gasteiger partial charge in [0, 0.05) is 16.3 Å². The van der Waals surface area contributed by atoms with Crippen molar-refractivity contribution in [3.8, 4) is 5.75 Å². The number of nitrogens with one attached hydrogen (secondary N) is 2. The van der Waals surface area contributed by atoms with Gasteiger partial charge in [0.15, 0.2) is 0 Å². The van der Waals surface area contributed by atoms with Crippen molar-refractivity contribution in [1.82, 2.24) is 0 Å². The van der Waals surface area contributed by atoms with Crippen LogP contribution in [0.4, 0.5) is 11.4 Å². The van der Waals surface area contributed by atoms with Gasteiger partial charge < -0.3 is 15.7 Å². The molecule has 0 spiro atoms. The molecule has 1 atom stereocenters. The highest BCUT2D eigenvalue weighted by Crippen LogP contribution is 2.25. The zero-order chi connectivity index (χ0) is 19.1. The van der Waals surface area contributed by atoms with Crippen LogP contribution < -0.4 is 10.6 Å². The molecule has 0 aliphatic carbocycles. The standard InChI is InChI=1S/C18H17ClN2O4S/c1-11(18(25)21-15-8-12(9-22)2-7-16(15)23)26-10-17(24)20-14-5-3-13(19)4-6-14/h2-9,11,23H,10H2,1H3,(H,20,24)(H,21,25). The lowest BCUT2D eigenvalue weighted by molar-refractivity contribution is -0.115. The smallest absolute Gasteiger partial charge is 0.237 e. The number of phenolic OH excluding ortho intramolecular Hbond substituents is 1. The molecule has 2 aromatic carbocycles. The number of hydrogen-bond acceptors (Lipinski definition) is 5. The van der Waals surface area contributed by atoms with E-state index in [1.165, 1.54) is 18.2 Å². The topological polar surface area (TPSA) is 95.5 Å². The van der Waals surface area contributed by atoms with Crippen LogP contribution in [0.3, 0.4) is 0 Å². The maximum absolute atomic E-state index is 12.2. The van der Waals surface area contributed by atoms with Crippen LogP contribution in [0.15, 0.2) is 42.5 Å². The van der Waals surface area contributed by atoms with Gasteiger partial charge in [-0.05, 0) is 49.4 Å². The second kappa shape index (κ2) is 9.26. The highest BCUT2D eigenvalue weighted by molar-refractivity contribution is 8.01. The molecule has 0 saturated heterocycles. The number of carbonyl (C=O) groups is 3. The Labute approximate surface area is 159 Å². The Kier molecular flexibility index (Phi) is 7.06. The number of anilines is 2. The van der Waals surface area contributed by atoms with Crippen molar-refractivity contribution in [3.05, 3.63) is 53.1 Å². The van der Waals surface area contributed by atoms with E-state index in [0.717, 1.165) is 11.8 Å². The molecule has 2 rings (SSSR count). The number of phenols is 1. The number of aldehydes is 1. The number of halogens is 1. The molecule has 0 fully saturated rings. The van der Waals surface area contributed by atoms with E-state index in [0.29, 0.717) is 22.6 Å². The van der Waals surface area contributed by atoms with E-state index >= 15 is 0 Å². The number of hydrogen-bond donors (Lipinski definition) is 3. The zero-order valence-electron chi connectivity index (χ0n) is 13.9. The molecule has 0 aromatic heterocycles. The molecule has 1 unspecified atom stereocenters. The van der Waals surface area contributed by atoms with Gasteiger partial charge in [-0.15, -0.1) is 11.8 Å². The van der Waals surface area contributed by atoms with E-state index in [4.69, 9.17) is 11.6 Å². The minimum atomic E-state index is -0.537. The zero-order valence-corrected chi connectivity index (χ0v) is 15.4. The normalized spacial score (nSPS) is 11.5.